The lowest BCUT2D eigenvalue weighted by Crippen LogP contribution is -2.44. The van der Waals surface area contributed by atoms with Crippen LogP contribution >= 0.6 is 11.3 Å². The Bertz CT molecular complexity index is 865. The summed E-state index contributed by atoms with van der Waals surface area (Å²) in [7, 11) is 1.73. The van der Waals surface area contributed by atoms with Gasteiger partial charge in [0.05, 0.1) is 17.9 Å². The van der Waals surface area contributed by atoms with E-state index < -0.39 is 6.61 Å². The van der Waals surface area contributed by atoms with E-state index in [0.717, 1.165) is 23.7 Å². The molecule has 6 nitrogen and oxygen atoms in total. The molecule has 1 saturated heterocycles. The predicted octanol–water partition coefficient (Wildman–Crippen LogP) is 3.99. The Morgan fingerprint density at radius 2 is 2.13 bits per heavy atom. The number of benzene rings is 1. The minimum Gasteiger partial charge on any atom is -0.433 e. The first kappa shape index (κ1) is 22.3. The number of hydrogen-bond donors (Lipinski definition) is 2. The number of hydrogen-bond acceptors (Lipinski definition) is 5. The zero-order chi connectivity index (χ0) is 21.7. The average Bonchev–Trinajstić information content (AvgIpc) is 3.34. The molecule has 3 rings (SSSR count). The highest BCUT2D eigenvalue weighted by Crippen LogP contribution is 2.31. The van der Waals surface area contributed by atoms with Gasteiger partial charge in [-0.3, -0.25) is 4.99 Å². The van der Waals surface area contributed by atoms with E-state index in [1.165, 1.54) is 0 Å². The fraction of sp³-hybridized carbons (Fsp3) is 0.524. The van der Waals surface area contributed by atoms with Gasteiger partial charge in [-0.25, -0.2) is 4.98 Å². The normalized spacial score (nSPS) is 17.5. The molecular formula is C21H29F2N5OS. The van der Waals surface area contributed by atoms with Gasteiger partial charge >= 0.3 is 6.61 Å². The molecule has 0 amide bonds. The fourth-order valence-electron chi connectivity index (χ4n) is 3.29. The maximum atomic E-state index is 12.7. The quantitative estimate of drug-likeness (QED) is 0.529. The first-order valence-corrected chi connectivity index (χ1v) is 10.8. The van der Waals surface area contributed by atoms with E-state index in [2.05, 4.69) is 51.4 Å². The van der Waals surface area contributed by atoms with Crippen molar-refractivity contribution in [2.24, 2.45) is 4.99 Å². The van der Waals surface area contributed by atoms with Crippen molar-refractivity contribution >= 4 is 23.0 Å². The van der Waals surface area contributed by atoms with E-state index in [0.29, 0.717) is 24.7 Å². The molecule has 1 fully saturated rings. The summed E-state index contributed by atoms with van der Waals surface area (Å²) in [4.78, 5) is 11.1. The van der Waals surface area contributed by atoms with Crippen LogP contribution < -0.4 is 20.3 Å². The second kappa shape index (κ2) is 9.59. The van der Waals surface area contributed by atoms with Crippen LogP contribution in [0.5, 0.6) is 5.75 Å². The van der Waals surface area contributed by atoms with Crippen molar-refractivity contribution in [2.45, 2.75) is 51.8 Å². The van der Waals surface area contributed by atoms with Crippen molar-refractivity contribution in [2.75, 3.05) is 25.0 Å². The fourth-order valence-corrected chi connectivity index (χ4v) is 4.26. The number of ether oxygens (including phenoxy) is 1. The number of nitrogens with zero attached hydrogens (tertiary/aromatic N) is 3. The summed E-state index contributed by atoms with van der Waals surface area (Å²) < 4.78 is 30.1. The third-order valence-corrected chi connectivity index (χ3v) is 5.75. The van der Waals surface area contributed by atoms with Crippen molar-refractivity contribution in [1.29, 1.82) is 0 Å². The Labute approximate surface area is 180 Å². The number of alkyl halides is 2. The zero-order valence-electron chi connectivity index (χ0n) is 17.8. The summed E-state index contributed by atoms with van der Waals surface area (Å²) in [5.41, 5.74) is 1.80. The highest BCUT2D eigenvalue weighted by molar-refractivity contribution is 7.09. The number of aromatic nitrogens is 1. The Morgan fingerprint density at radius 1 is 1.37 bits per heavy atom. The molecule has 164 valence electrons. The van der Waals surface area contributed by atoms with Gasteiger partial charge in [0, 0.05) is 37.0 Å². The van der Waals surface area contributed by atoms with Crippen molar-refractivity contribution in [3.05, 3.63) is 40.3 Å². The lowest BCUT2D eigenvalue weighted by molar-refractivity contribution is -0.0495. The van der Waals surface area contributed by atoms with Gasteiger partial charge in [-0.05, 0) is 18.6 Å². The lowest BCUT2D eigenvalue weighted by atomic mass is 9.93. The van der Waals surface area contributed by atoms with Gasteiger partial charge in [-0.2, -0.15) is 8.78 Å². The molecule has 2 aromatic rings. The van der Waals surface area contributed by atoms with Crippen LogP contribution in [0.25, 0.3) is 0 Å². The molecule has 1 aliphatic heterocycles. The lowest BCUT2D eigenvalue weighted by Gasteiger charge is -2.22. The minimum atomic E-state index is -2.84. The third-order valence-electron chi connectivity index (χ3n) is 4.90. The highest BCUT2D eigenvalue weighted by atomic mass is 32.1. The van der Waals surface area contributed by atoms with E-state index >= 15 is 0 Å². The number of para-hydroxylation sites is 2. The molecule has 0 radical (unpaired) electrons. The molecule has 0 bridgehead atoms. The molecule has 1 aromatic heterocycles. The van der Waals surface area contributed by atoms with Crippen LogP contribution in [0.1, 0.15) is 37.9 Å². The molecule has 30 heavy (non-hydrogen) atoms. The maximum Gasteiger partial charge on any atom is 0.387 e. The van der Waals surface area contributed by atoms with Crippen LogP contribution in [0.15, 0.2) is 34.6 Å². The second-order valence-electron chi connectivity index (χ2n) is 8.22. The van der Waals surface area contributed by atoms with Gasteiger partial charge in [0.2, 0.25) is 0 Å². The van der Waals surface area contributed by atoms with Gasteiger partial charge in [0.1, 0.15) is 10.8 Å². The Hall–Kier alpha value is -2.42. The molecule has 0 spiro atoms. The number of guanidine groups is 1. The van der Waals surface area contributed by atoms with Crippen LogP contribution in [-0.2, 0) is 12.0 Å². The summed E-state index contributed by atoms with van der Waals surface area (Å²) in [6, 6.07) is 7.06. The SMILES string of the molecule is CN=C(NCc1nc(C(C)(C)C)cs1)NC1CCN(c2ccccc2OC(F)F)C1. The number of anilines is 1. The summed E-state index contributed by atoms with van der Waals surface area (Å²) in [5, 5.41) is 9.84. The monoisotopic (exact) mass is 437 g/mol. The van der Waals surface area contributed by atoms with Crippen LogP contribution in [0, 0.1) is 0 Å². The van der Waals surface area contributed by atoms with Gasteiger partial charge in [0.15, 0.2) is 5.96 Å². The molecule has 0 aliphatic carbocycles. The van der Waals surface area contributed by atoms with Gasteiger partial charge < -0.3 is 20.3 Å². The van der Waals surface area contributed by atoms with Gasteiger partial charge in [-0.15, -0.1) is 11.3 Å². The average molecular weight is 438 g/mol. The molecule has 1 aliphatic rings. The number of rotatable bonds is 6. The zero-order valence-corrected chi connectivity index (χ0v) is 18.6. The first-order chi connectivity index (χ1) is 14.3. The van der Waals surface area contributed by atoms with Crippen LogP contribution in [0.3, 0.4) is 0 Å². The van der Waals surface area contributed by atoms with Crippen molar-refractivity contribution in [1.82, 2.24) is 15.6 Å². The van der Waals surface area contributed by atoms with E-state index in [4.69, 9.17) is 4.98 Å². The summed E-state index contributed by atoms with van der Waals surface area (Å²) >= 11 is 1.64. The Kier molecular flexibility index (Phi) is 7.12. The molecule has 1 unspecified atom stereocenters. The maximum absolute atomic E-state index is 12.7. The van der Waals surface area contributed by atoms with E-state index in [1.54, 1.807) is 30.5 Å². The number of nitrogens with one attached hydrogen (secondary N) is 2. The summed E-state index contributed by atoms with van der Waals surface area (Å²) in [6.07, 6.45) is 0.870. The van der Waals surface area contributed by atoms with Gasteiger partial charge in [0.25, 0.3) is 0 Å². The van der Waals surface area contributed by atoms with E-state index in [1.807, 2.05) is 12.1 Å². The van der Waals surface area contributed by atoms with Gasteiger partial charge in [-0.1, -0.05) is 32.9 Å². The molecule has 2 N–H and O–H groups in total. The van der Waals surface area contributed by atoms with Crippen LogP contribution in [-0.4, -0.2) is 43.7 Å². The topological polar surface area (TPSA) is 61.8 Å². The molecule has 2 heterocycles. The summed E-state index contributed by atoms with van der Waals surface area (Å²) in [6.45, 7) is 5.63. The van der Waals surface area contributed by atoms with Crippen molar-refractivity contribution in [3.8, 4) is 5.75 Å². The number of thiazole rings is 1. The van der Waals surface area contributed by atoms with E-state index in [-0.39, 0.29) is 17.2 Å². The summed E-state index contributed by atoms with van der Waals surface area (Å²) in [5.74, 6) is 0.903. The Balaban J connectivity index is 1.55. The molecule has 1 aromatic carbocycles. The third kappa shape index (κ3) is 5.81. The number of aliphatic imine (C=N–C) groups is 1. The molecule has 1 atom stereocenters. The van der Waals surface area contributed by atoms with Crippen LogP contribution in [0.2, 0.25) is 0 Å². The standard InChI is InChI=1S/C21H29F2N5OS/c1-21(2,3)17-13-30-18(27-17)11-25-20(24-4)26-14-9-10-28(12-14)15-7-5-6-8-16(15)29-19(22)23/h5-8,13-14,19H,9-12H2,1-4H3,(H2,24,25,26). The number of halogens is 2. The highest BCUT2D eigenvalue weighted by Gasteiger charge is 2.26. The van der Waals surface area contributed by atoms with Crippen molar-refractivity contribution in [3.63, 3.8) is 0 Å². The smallest absolute Gasteiger partial charge is 0.387 e. The second-order valence-corrected chi connectivity index (χ2v) is 9.17. The Morgan fingerprint density at radius 3 is 2.80 bits per heavy atom. The minimum absolute atomic E-state index is 0.0340. The van der Waals surface area contributed by atoms with E-state index in [9.17, 15) is 8.78 Å². The largest absolute Gasteiger partial charge is 0.433 e. The van der Waals surface area contributed by atoms with Crippen molar-refractivity contribution < 1.29 is 13.5 Å². The first-order valence-electron chi connectivity index (χ1n) is 9.97. The predicted molar refractivity (Wildman–Crippen MR) is 118 cm³/mol. The van der Waals surface area contributed by atoms with Crippen LogP contribution in [0.4, 0.5) is 14.5 Å². The molecule has 0 saturated carbocycles. The molecular weight excluding hydrogens is 408 g/mol. The molecule has 9 heteroatoms.